The lowest BCUT2D eigenvalue weighted by Crippen LogP contribution is -2.08. The summed E-state index contributed by atoms with van der Waals surface area (Å²) in [5.74, 6) is -0.0296. The third kappa shape index (κ3) is 3.94. The van der Waals surface area contributed by atoms with Crippen LogP contribution in [0.25, 0.3) is 0 Å². The predicted octanol–water partition coefficient (Wildman–Crippen LogP) is 6.40. The molecule has 4 rings (SSSR count). The van der Waals surface area contributed by atoms with E-state index in [-0.39, 0.29) is 5.78 Å². The molecule has 4 aromatic rings. The van der Waals surface area contributed by atoms with Gasteiger partial charge in [-0.3, -0.25) is 4.79 Å². The van der Waals surface area contributed by atoms with Gasteiger partial charge < -0.3 is 10.6 Å². The van der Waals surface area contributed by atoms with Gasteiger partial charge in [0.1, 0.15) is 0 Å². The number of ketones is 1. The van der Waals surface area contributed by atoms with Gasteiger partial charge in [0.05, 0.1) is 0 Å². The number of nitrogens with one attached hydrogen (secondary N) is 2. The summed E-state index contributed by atoms with van der Waals surface area (Å²) in [6.07, 6.45) is 0. The predicted molar refractivity (Wildman–Crippen MR) is 116 cm³/mol. The molecule has 0 aliphatic heterocycles. The molecule has 136 valence electrons. The first-order chi connectivity index (χ1) is 13.8. The zero-order chi connectivity index (χ0) is 19.2. The smallest absolute Gasteiger partial charge is 0.197 e. The quantitative estimate of drug-likeness (QED) is 0.389. The SMILES string of the molecule is O=C(c1ccccc1Nc1ccccc1)c1ccccc1Nc1ccccc1. The highest BCUT2D eigenvalue weighted by Gasteiger charge is 2.17. The van der Waals surface area contributed by atoms with Crippen LogP contribution < -0.4 is 10.6 Å². The van der Waals surface area contributed by atoms with Gasteiger partial charge in [-0.05, 0) is 48.5 Å². The van der Waals surface area contributed by atoms with Crippen LogP contribution in [0.1, 0.15) is 15.9 Å². The molecule has 0 unspecified atom stereocenters. The lowest BCUT2D eigenvalue weighted by molar-refractivity contribution is 0.104. The van der Waals surface area contributed by atoms with Crippen molar-refractivity contribution in [3.8, 4) is 0 Å². The van der Waals surface area contributed by atoms with Gasteiger partial charge in [0.25, 0.3) is 0 Å². The molecule has 0 spiro atoms. The number of benzene rings is 4. The molecule has 0 radical (unpaired) electrons. The maximum atomic E-state index is 13.4. The van der Waals surface area contributed by atoms with E-state index in [1.54, 1.807) is 0 Å². The third-order valence-corrected chi connectivity index (χ3v) is 4.45. The first-order valence-corrected chi connectivity index (χ1v) is 9.18. The molecule has 2 N–H and O–H groups in total. The van der Waals surface area contributed by atoms with E-state index in [4.69, 9.17) is 0 Å². The average Bonchev–Trinajstić information content (AvgIpc) is 2.76. The van der Waals surface area contributed by atoms with Crippen molar-refractivity contribution in [1.29, 1.82) is 0 Å². The maximum absolute atomic E-state index is 13.4. The Kier molecular flexibility index (Phi) is 5.16. The van der Waals surface area contributed by atoms with Crippen molar-refractivity contribution >= 4 is 28.5 Å². The Balaban J connectivity index is 1.67. The van der Waals surface area contributed by atoms with Gasteiger partial charge in [0, 0.05) is 33.9 Å². The summed E-state index contributed by atoms with van der Waals surface area (Å²) in [4.78, 5) is 13.4. The second-order valence-corrected chi connectivity index (χ2v) is 6.40. The molecule has 28 heavy (non-hydrogen) atoms. The zero-order valence-electron chi connectivity index (χ0n) is 15.3. The van der Waals surface area contributed by atoms with Crippen LogP contribution in [0.2, 0.25) is 0 Å². The van der Waals surface area contributed by atoms with E-state index in [9.17, 15) is 4.79 Å². The van der Waals surface area contributed by atoms with Crippen LogP contribution >= 0.6 is 0 Å². The highest BCUT2D eigenvalue weighted by atomic mass is 16.1. The minimum atomic E-state index is -0.0296. The first-order valence-electron chi connectivity index (χ1n) is 9.18. The molecular weight excluding hydrogens is 344 g/mol. The molecule has 0 aliphatic carbocycles. The molecule has 0 bridgehead atoms. The lowest BCUT2D eigenvalue weighted by atomic mass is 9.99. The second kappa shape index (κ2) is 8.23. The van der Waals surface area contributed by atoms with Crippen LogP contribution in [0.4, 0.5) is 22.7 Å². The molecule has 0 fully saturated rings. The summed E-state index contributed by atoms with van der Waals surface area (Å²) < 4.78 is 0. The van der Waals surface area contributed by atoms with Crippen molar-refractivity contribution in [1.82, 2.24) is 0 Å². The molecule has 4 aromatic carbocycles. The van der Waals surface area contributed by atoms with Crippen molar-refractivity contribution in [2.75, 3.05) is 10.6 Å². The molecule has 0 saturated heterocycles. The molecule has 0 amide bonds. The Morgan fingerprint density at radius 1 is 0.464 bits per heavy atom. The topological polar surface area (TPSA) is 41.1 Å². The number of hydrogen-bond donors (Lipinski definition) is 2. The standard InChI is InChI=1S/C25H20N2O/c28-25(21-15-7-9-17-23(21)26-19-11-3-1-4-12-19)22-16-8-10-18-24(22)27-20-13-5-2-6-14-20/h1-18,26-27H. The number of carbonyl (C=O) groups is 1. The molecule has 3 nitrogen and oxygen atoms in total. The average molecular weight is 364 g/mol. The summed E-state index contributed by atoms with van der Waals surface area (Å²) in [6.45, 7) is 0. The number of hydrogen-bond acceptors (Lipinski definition) is 3. The normalized spacial score (nSPS) is 10.3. The fourth-order valence-electron chi connectivity index (χ4n) is 3.08. The van der Waals surface area contributed by atoms with Gasteiger partial charge >= 0.3 is 0 Å². The van der Waals surface area contributed by atoms with Crippen LogP contribution in [-0.2, 0) is 0 Å². The maximum Gasteiger partial charge on any atom is 0.197 e. The summed E-state index contributed by atoms with van der Waals surface area (Å²) >= 11 is 0. The Bertz CT molecular complexity index is 989. The Hall–Kier alpha value is -3.85. The fraction of sp³-hybridized carbons (Fsp3) is 0. The largest absolute Gasteiger partial charge is 0.355 e. The highest BCUT2D eigenvalue weighted by molar-refractivity contribution is 6.15. The molecule has 0 heterocycles. The number of carbonyl (C=O) groups excluding carboxylic acids is 1. The van der Waals surface area contributed by atoms with E-state index in [1.165, 1.54) is 0 Å². The second-order valence-electron chi connectivity index (χ2n) is 6.40. The summed E-state index contributed by atoms with van der Waals surface area (Å²) in [7, 11) is 0. The van der Waals surface area contributed by atoms with E-state index >= 15 is 0 Å². The van der Waals surface area contributed by atoms with Crippen LogP contribution in [0, 0.1) is 0 Å². The van der Waals surface area contributed by atoms with E-state index in [1.807, 2.05) is 109 Å². The molecule has 0 atom stereocenters. The van der Waals surface area contributed by atoms with Crippen molar-refractivity contribution in [3.63, 3.8) is 0 Å². The van der Waals surface area contributed by atoms with Crippen LogP contribution in [-0.4, -0.2) is 5.78 Å². The Morgan fingerprint density at radius 3 is 1.25 bits per heavy atom. The zero-order valence-corrected chi connectivity index (χ0v) is 15.3. The Labute approximate surface area is 164 Å². The number of para-hydroxylation sites is 4. The Morgan fingerprint density at radius 2 is 0.821 bits per heavy atom. The van der Waals surface area contributed by atoms with Crippen molar-refractivity contribution in [3.05, 3.63) is 120 Å². The van der Waals surface area contributed by atoms with Gasteiger partial charge in [0.2, 0.25) is 0 Å². The minimum absolute atomic E-state index is 0.0296. The molecule has 0 aliphatic rings. The third-order valence-electron chi connectivity index (χ3n) is 4.45. The van der Waals surface area contributed by atoms with Gasteiger partial charge in [-0.1, -0.05) is 60.7 Å². The van der Waals surface area contributed by atoms with E-state index < -0.39 is 0 Å². The monoisotopic (exact) mass is 364 g/mol. The van der Waals surface area contributed by atoms with Crippen LogP contribution in [0.15, 0.2) is 109 Å². The number of anilines is 4. The van der Waals surface area contributed by atoms with E-state index in [0.29, 0.717) is 11.1 Å². The van der Waals surface area contributed by atoms with Gasteiger partial charge in [-0.25, -0.2) is 0 Å². The molecular formula is C25H20N2O. The van der Waals surface area contributed by atoms with E-state index in [0.717, 1.165) is 22.7 Å². The highest BCUT2D eigenvalue weighted by Crippen LogP contribution is 2.27. The summed E-state index contributed by atoms with van der Waals surface area (Å²) in [6, 6.07) is 34.9. The fourth-order valence-corrected chi connectivity index (χ4v) is 3.08. The minimum Gasteiger partial charge on any atom is -0.355 e. The van der Waals surface area contributed by atoms with Crippen molar-refractivity contribution in [2.24, 2.45) is 0 Å². The van der Waals surface area contributed by atoms with Gasteiger partial charge in [-0.15, -0.1) is 0 Å². The van der Waals surface area contributed by atoms with E-state index in [2.05, 4.69) is 10.6 Å². The molecule has 0 saturated carbocycles. The van der Waals surface area contributed by atoms with Crippen LogP contribution in [0.3, 0.4) is 0 Å². The van der Waals surface area contributed by atoms with Gasteiger partial charge in [0.15, 0.2) is 5.78 Å². The van der Waals surface area contributed by atoms with Crippen LogP contribution in [0.5, 0.6) is 0 Å². The summed E-state index contributed by atoms with van der Waals surface area (Å²) in [5, 5.41) is 6.70. The number of rotatable bonds is 6. The lowest BCUT2D eigenvalue weighted by Gasteiger charge is -2.14. The summed E-state index contributed by atoms with van der Waals surface area (Å²) in [5.41, 5.74) is 4.72. The first kappa shape index (κ1) is 17.6. The molecule has 0 aromatic heterocycles. The van der Waals surface area contributed by atoms with Crippen molar-refractivity contribution < 1.29 is 4.79 Å². The van der Waals surface area contributed by atoms with Crippen molar-refractivity contribution in [2.45, 2.75) is 0 Å². The molecule has 3 heteroatoms. The van der Waals surface area contributed by atoms with Gasteiger partial charge in [-0.2, -0.15) is 0 Å².